The number of nitrogens with one attached hydrogen (secondary N) is 2. The zero-order valence-corrected chi connectivity index (χ0v) is 12.7. The smallest absolute Gasteiger partial charge is 0.239 e. The highest BCUT2D eigenvalue weighted by atomic mass is 19.1. The van der Waals surface area contributed by atoms with E-state index in [0.29, 0.717) is 38.3 Å². The molecule has 2 heterocycles. The third-order valence-corrected chi connectivity index (χ3v) is 4.50. The first kappa shape index (κ1) is 15.9. The largest absolute Gasteiger partial charge is 0.391 e. The van der Waals surface area contributed by atoms with Gasteiger partial charge in [-0.1, -0.05) is 0 Å². The van der Waals surface area contributed by atoms with Gasteiger partial charge >= 0.3 is 0 Å². The quantitative estimate of drug-likeness (QED) is 0.675. The van der Waals surface area contributed by atoms with Crippen LogP contribution in [0.25, 0.3) is 0 Å². The molecular weight excluding hydrogens is 301 g/mol. The van der Waals surface area contributed by atoms with E-state index in [2.05, 4.69) is 10.6 Å². The molecule has 3 atom stereocenters. The second-order valence-electron chi connectivity index (χ2n) is 6.04. The zero-order valence-electron chi connectivity index (χ0n) is 12.7. The molecule has 1 aromatic rings. The van der Waals surface area contributed by atoms with Gasteiger partial charge in [-0.05, 0) is 30.7 Å². The Hall–Kier alpha value is -1.99. The molecule has 3 N–H and O–H groups in total. The lowest BCUT2D eigenvalue weighted by Crippen LogP contribution is -2.40. The van der Waals surface area contributed by atoms with Crippen molar-refractivity contribution >= 4 is 17.5 Å². The minimum Gasteiger partial charge on any atom is -0.391 e. The van der Waals surface area contributed by atoms with Crippen LogP contribution in [0.4, 0.5) is 10.1 Å². The number of β-amino-alcohol motifs (C(OH)–C–C–N with tert-alkyl or cyclic N) is 1. The maximum Gasteiger partial charge on any atom is 0.239 e. The molecule has 0 bridgehead atoms. The van der Waals surface area contributed by atoms with Crippen LogP contribution in [0.1, 0.15) is 6.42 Å². The fourth-order valence-corrected chi connectivity index (χ4v) is 3.08. The number of anilines is 1. The molecule has 0 saturated carbocycles. The first-order chi connectivity index (χ1) is 11.1. The van der Waals surface area contributed by atoms with Gasteiger partial charge in [-0.3, -0.25) is 9.59 Å². The van der Waals surface area contributed by atoms with Crippen LogP contribution < -0.4 is 15.5 Å². The topological polar surface area (TPSA) is 81.7 Å². The van der Waals surface area contributed by atoms with E-state index in [1.165, 1.54) is 29.2 Å². The summed E-state index contributed by atoms with van der Waals surface area (Å²) >= 11 is 0. The molecule has 7 heteroatoms. The maximum atomic E-state index is 13.0. The summed E-state index contributed by atoms with van der Waals surface area (Å²) in [4.78, 5) is 26.1. The van der Waals surface area contributed by atoms with Crippen LogP contribution in [0, 0.1) is 17.7 Å². The molecule has 6 nitrogen and oxygen atoms in total. The Balaban J connectivity index is 1.57. The van der Waals surface area contributed by atoms with Crippen LogP contribution >= 0.6 is 0 Å². The van der Waals surface area contributed by atoms with Gasteiger partial charge in [0.1, 0.15) is 11.7 Å². The van der Waals surface area contributed by atoms with E-state index in [9.17, 15) is 19.1 Å². The standard InChI is InChI=1S/C16H20FN3O3/c17-11-1-3-12(4-2-11)20-6-5-13(16(20)23)15(22)19-8-10-7-18-9-14(10)21/h1-4,10,13-14,18,21H,5-9H2,(H,19,22). The first-order valence-electron chi connectivity index (χ1n) is 7.79. The zero-order chi connectivity index (χ0) is 16.4. The lowest BCUT2D eigenvalue weighted by molar-refractivity contribution is -0.132. The number of carbonyl (C=O) groups excluding carboxylic acids is 2. The SMILES string of the molecule is O=C(NCC1CNCC1O)C1CCN(c2ccc(F)cc2)C1=O. The highest BCUT2D eigenvalue weighted by molar-refractivity contribution is 6.09. The van der Waals surface area contributed by atoms with E-state index in [4.69, 9.17) is 0 Å². The van der Waals surface area contributed by atoms with E-state index in [0.717, 1.165) is 0 Å². The number of carbonyl (C=O) groups is 2. The molecule has 0 aromatic heterocycles. The van der Waals surface area contributed by atoms with E-state index in [1.54, 1.807) is 0 Å². The molecule has 3 unspecified atom stereocenters. The average molecular weight is 321 g/mol. The summed E-state index contributed by atoms with van der Waals surface area (Å²) in [7, 11) is 0. The Morgan fingerprint density at radius 3 is 2.74 bits per heavy atom. The molecule has 0 spiro atoms. The Bertz CT molecular complexity index is 593. The highest BCUT2D eigenvalue weighted by Gasteiger charge is 2.38. The van der Waals surface area contributed by atoms with Crippen molar-refractivity contribution in [3.63, 3.8) is 0 Å². The lowest BCUT2D eigenvalue weighted by Gasteiger charge is -2.18. The van der Waals surface area contributed by atoms with Gasteiger partial charge in [-0.2, -0.15) is 0 Å². The van der Waals surface area contributed by atoms with Crippen molar-refractivity contribution < 1.29 is 19.1 Å². The number of nitrogens with zero attached hydrogens (tertiary/aromatic N) is 1. The van der Waals surface area contributed by atoms with Crippen LogP contribution in [0.5, 0.6) is 0 Å². The molecule has 124 valence electrons. The van der Waals surface area contributed by atoms with Crippen molar-refractivity contribution in [2.75, 3.05) is 31.1 Å². The minimum absolute atomic E-state index is 0.0244. The van der Waals surface area contributed by atoms with Gasteiger partial charge in [0.05, 0.1) is 6.10 Å². The fraction of sp³-hybridized carbons (Fsp3) is 0.500. The van der Waals surface area contributed by atoms with Crippen LogP contribution in [0.15, 0.2) is 24.3 Å². The number of rotatable bonds is 4. The number of hydrogen-bond donors (Lipinski definition) is 3. The number of amides is 2. The van der Waals surface area contributed by atoms with E-state index < -0.39 is 12.0 Å². The molecule has 0 radical (unpaired) electrons. The summed E-state index contributed by atoms with van der Waals surface area (Å²) in [6, 6.07) is 5.66. The third kappa shape index (κ3) is 3.35. The van der Waals surface area contributed by atoms with Gasteiger partial charge in [0.25, 0.3) is 0 Å². The molecule has 0 aliphatic carbocycles. The number of aliphatic hydroxyl groups excluding tert-OH is 1. The summed E-state index contributed by atoms with van der Waals surface area (Å²) in [5, 5.41) is 15.5. The van der Waals surface area contributed by atoms with Crippen molar-refractivity contribution in [3.8, 4) is 0 Å². The molecule has 23 heavy (non-hydrogen) atoms. The molecule has 2 amide bonds. The van der Waals surface area contributed by atoms with E-state index >= 15 is 0 Å². The Labute approximate surface area is 133 Å². The number of benzene rings is 1. The number of hydrogen-bond acceptors (Lipinski definition) is 4. The van der Waals surface area contributed by atoms with Crippen molar-refractivity contribution in [3.05, 3.63) is 30.1 Å². The monoisotopic (exact) mass is 321 g/mol. The van der Waals surface area contributed by atoms with Crippen LogP contribution in [-0.4, -0.2) is 49.2 Å². The van der Waals surface area contributed by atoms with Crippen LogP contribution in [0.3, 0.4) is 0 Å². The molecule has 2 aliphatic rings. The van der Waals surface area contributed by atoms with Crippen molar-refractivity contribution in [2.45, 2.75) is 12.5 Å². The first-order valence-corrected chi connectivity index (χ1v) is 7.79. The van der Waals surface area contributed by atoms with Crippen molar-refractivity contribution in [2.24, 2.45) is 11.8 Å². The Morgan fingerprint density at radius 2 is 2.09 bits per heavy atom. The summed E-state index contributed by atoms with van der Waals surface area (Å²) in [5.74, 6) is -1.67. The summed E-state index contributed by atoms with van der Waals surface area (Å²) in [6.07, 6.45) is -0.0293. The van der Waals surface area contributed by atoms with Gasteiger partial charge in [-0.25, -0.2) is 4.39 Å². The van der Waals surface area contributed by atoms with Gasteiger partial charge < -0.3 is 20.6 Å². The second kappa shape index (κ2) is 6.64. The van der Waals surface area contributed by atoms with E-state index in [1.807, 2.05) is 0 Å². The predicted octanol–water partition coefficient (Wildman–Crippen LogP) is -0.125. The third-order valence-electron chi connectivity index (χ3n) is 4.50. The molecule has 2 fully saturated rings. The van der Waals surface area contributed by atoms with Crippen LogP contribution in [0.2, 0.25) is 0 Å². The lowest BCUT2D eigenvalue weighted by atomic mass is 10.0. The summed E-state index contributed by atoms with van der Waals surface area (Å²) < 4.78 is 13.0. The molecule has 2 saturated heterocycles. The molecule has 3 rings (SSSR count). The second-order valence-corrected chi connectivity index (χ2v) is 6.04. The van der Waals surface area contributed by atoms with Crippen molar-refractivity contribution in [1.29, 1.82) is 0 Å². The van der Waals surface area contributed by atoms with Crippen molar-refractivity contribution in [1.82, 2.24) is 10.6 Å². The number of halogens is 1. The fourth-order valence-electron chi connectivity index (χ4n) is 3.08. The Kier molecular flexibility index (Phi) is 4.58. The molecule has 1 aromatic carbocycles. The summed E-state index contributed by atoms with van der Waals surface area (Å²) in [5.41, 5.74) is 0.599. The van der Waals surface area contributed by atoms with Gasteiger partial charge in [0.15, 0.2) is 0 Å². The normalized spacial score (nSPS) is 27.5. The van der Waals surface area contributed by atoms with Crippen LogP contribution in [-0.2, 0) is 9.59 Å². The van der Waals surface area contributed by atoms with Gasteiger partial charge in [0, 0.05) is 37.8 Å². The highest BCUT2D eigenvalue weighted by Crippen LogP contribution is 2.25. The average Bonchev–Trinajstić information content (AvgIpc) is 3.12. The summed E-state index contributed by atoms with van der Waals surface area (Å²) in [6.45, 7) is 1.98. The van der Waals surface area contributed by atoms with Gasteiger partial charge in [0.2, 0.25) is 11.8 Å². The van der Waals surface area contributed by atoms with E-state index in [-0.39, 0.29) is 23.5 Å². The van der Waals surface area contributed by atoms with Gasteiger partial charge in [-0.15, -0.1) is 0 Å². The Morgan fingerprint density at radius 1 is 1.35 bits per heavy atom. The molecule has 2 aliphatic heterocycles. The maximum absolute atomic E-state index is 13.0. The predicted molar refractivity (Wildman–Crippen MR) is 82.2 cm³/mol. The number of aliphatic hydroxyl groups is 1. The molecular formula is C16H20FN3O3. The minimum atomic E-state index is -0.716.